The topological polar surface area (TPSA) is 76.0 Å². The molecule has 0 saturated carbocycles. The first-order valence-corrected chi connectivity index (χ1v) is 9.96. The van der Waals surface area contributed by atoms with Gasteiger partial charge in [0.1, 0.15) is 0 Å². The molecule has 144 valence electrons. The molecule has 6 nitrogen and oxygen atoms in total. The number of benzene rings is 2. The maximum atomic E-state index is 12.3. The van der Waals surface area contributed by atoms with Crippen molar-refractivity contribution in [1.82, 2.24) is 9.55 Å². The van der Waals surface area contributed by atoms with E-state index < -0.39 is 0 Å². The number of amides is 2. The third kappa shape index (κ3) is 5.01. The zero-order valence-electron chi connectivity index (χ0n) is 15.8. The second-order valence-electron chi connectivity index (χ2n) is 6.13. The van der Waals surface area contributed by atoms with Crippen LogP contribution >= 0.6 is 11.8 Å². The molecular formula is C21H22N4O2S. The van der Waals surface area contributed by atoms with Crippen LogP contribution in [0.25, 0.3) is 11.3 Å². The van der Waals surface area contributed by atoms with Crippen molar-refractivity contribution in [2.75, 3.05) is 16.4 Å². The normalized spacial score (nSPS) is 10.5. The van der Waals surface area contributed by atoms with E-state index in [0.717, 1.165) is 23.0 Å². The van der Waals surface area contributed by atoms with E-state index in [1.807, 2.05) is 24.4 Å². The highest BCUT2D eigenvalue weighted by atomic mass is 32.2. The van der Waals surface area contributed by atoms with Gasteiger partial charge in [0.05, 0.1) is 17.6 Å². The minimum atomic E-state index is -0.130. The van der Waals surface area contributed by atoms with E-state index in [4.69, 9.17) is 0 Å². The van der Waals surface area contributed by atoms with Crippen molar-refractivity contribution in [3.63, 3.8) is 0 Å². The standard InChI is InChI=1S/C21H22N4O2S/c1-3-25-19(16-7-5-4-6-8-16)13-22-21(25)28-14-20(27)24-18-11-9-17(10-12-18)23-15(2)26/h4-13H,3,14H2,1-2H3,(H,23,26)(H,24,27). The Balaban J connectivity index is 1.60. The Morgan fingerprint density at radius 1 is 1.00 bits per heavy atom. The average Bonchev–Trinajstić information content (AvgIpc) is 3.11. The van der Waals surface area contributed by atoms with Gasteiger partial charge in [-0.3, -0.25) is 9.59 Å². The minimum absolute atomic E-state index is 0.107. The number of carbonyl (C=O) groups is 2. The van der Waals surface area contributed by atoms with E-state index in [1.54, 1.807) is 24.3 Å². The van der Waals surface area contributed by atoms with Crippen molar-refractivity contribution in [3.8, 4) is 11.3 Å². The van der Waals surface area contributed by atoms with Crippen LogP contribution in [0.1, 0.15) is 13.8 Å². The van der Waals surface area contributed by atoms with Gasteiger partial charge in [-0.05, 0) is 36.8 Å². The number of thioether (sulfide) groups is 1. The molecule has 7 heteroatoms. The van der Waals surface area contributed by atoms with E-state index in [2.05, 4.69) is 39.2 Å². The summed E-state index contributed by atoms with van der Waals surface area (Å²) in [7, 11) is 0. The van der Waals surface area contributed by atoms with Crippen LogP contribution < -0.4 is 10.6 Å². The number of aromatic nitrogens is 2. The van der Waals surface area contributed by atoms with Gasteiger partial charge in [0.25, 0.3) is 0 Å². The SMILES string of the molecule is CCn1c(-c2ccccc2)cnc1SCC(=O)Nc1ccc(NC(C)=O)cc1. The summed E-state index contributed by atoms with van der Waals surface area (Å²) in [5.74, 6) is 0.0253. The van der Waals surface area contributed by atoms with Crippen molar-refractivity contribution < 1.29 is 9.59 Å². The Kier molecular flexibility index (Phi) is 6.49. The summed E-state index contributed by atoms with van der Waals surface area (Å²) in [4.78, 5) is 27.8. The van der Waals surface area contributed by atoms with Gasteiger partial charge in [-0.25, -0.2) is 4.98 Å². The predicted molar refractivity (Wildman–Crippen MR) is 113 cm³/mol. The molecule has 0 radical (unpaired) electrons. The quantitative estimate of drug-likeness (QED) is 0.587. The van der Waals surface area contributed by atoms with Crippen LogP contribution in [0.3, 0.4) is 0 Å². The first kappa shape index (κ1) is 19.7. The van der Waals surface area contributed by atoms with Crippen LogP contribution in [0.4, 0.5) is 11.4 Å². The fraction of sp³-hybridized carbons (Fsp3) is 0.190. The van der Waals surface area contributed by atoms with Gasteiger partial charge in [0.2, 0.25) is 11.8 Å². The van der Waals surface area contributed by atoms with Gasteiger partial charge >= 0.3 is 0 Å². The van der Waals surface area contributed by atoms with Crippen molar-refractivity contribution in [2.45, 2.75) is 25.5 Å². The molecule has 2 aromatic carbocycles. The number of hydrogen-bond donors (Lipinski definition) is 2. The lowest BCUT2D eigenvalue weighted by atomic mass is 10.2. The summed E-state index contributed by atoms with van der Waals surface area (Å²) in [5.41, 5.74) is 3.52. The van der Waals surface area contributed by atoms with Gasteiger partial charge in [0.15, 0.2) is 5.16 Å². The molecule has 0 fully saturated rings. The van der Waals surface area contributed by atoms with Crippen LogP contribution in [-0.4, -0.2) is 27.1 Å². The number of hydrogen-bond acceptors (Lipinski definition) is 4. The molecule has 0 aliphatic carbocycles. The molecule has 0 saturated heterocycles. The predicted octanol–water partition coefficient (Wildman–Crippen LogP) is 4.26. The fourth-order valence-corrected chi connectivity index (χ4v) is 3.63. The molecule has 2 N–H and O–H groups in total. The van der Waals surface area contributed by atoms with Gasteiger partial charge in [-0.1, -0.05) is 42.1 Å². The first-order chi connectivity index (χ1) is 13.6. The molecule has 0 aliphatic heterocycles. The Bertz CT molecular complexity index is 952. The van der Waals surface area contributed by atoms with E-state index >= 15 is 0 Å². The summed E-state index contributed by atoms with van der Waals surface area (Å²) in [6.45, 7) is 4.30. The molecule has 1 heterocycles. The van der Waals surface area contributed by atoms with Gasteiger partial charge < -0.3 is 15.2 Å². The van der Waals surface area contributed by atoms with Crippen LogP contribution in [0.15, 0.2) is 66.0 Å². The third-order valence-electron chi connectivity index (χ3n) is 4.03. The van der Waals surface area contributed by atoms with E-state index in [9.17, 15) is 9.59 Å². The summed E-state index contributed by atoms with van der Waals surface area (Å²) in [6, 6.07) is 17.1. The number of rotatable bonds is 7. The molecule has 3 rings (SSSR count). The van der Waals surface area contributed by atoms with Crippen LogP contribution in [-0.2, 0) is 16.1 Å². The fourth-order valence-electron chi connectivity index (χ4n) is 2.79. The van der Waals surface area contributed by atoms with E-state index in [1.165, 1.54) is 18.7 Å². The van der Waals surface area contributed by atoms with Crippen molar-refractivity contribution >= 4 is 35.0 Å². The van der Waals surface area contributed by atoms with Gasteiger partial charge in [-0.2, -0.15) is 0 Å². The summed E-state index contributed by atoms with van der Waals surface area (Å²) in [6.07, 6.45) is 1.85. The monoisotopic (exact) mass is 394 g/mol. The lowest BCUT2D eigenvalue weighted by Crippen LogP contribution is -2.14. The van der Waals surface area contributed by atoms with Crippen LogP contribution in [0.5, 0.6) is 0 Å². The number of nitrogens with zero attached hydrogens (tertiary/aromatic N) is 2. The number of imidazole rings is 1. The van der Waals surface area contributed by atoms with Crippen molar-refractivity contribution in [2.24, 2.45) is 0 Å². The number of nitrogens with one attached hydrogen (secondary N) is 2. The molecule has 0 spiro atoms. The molecule has 0 aliphatic rings. The molecule has 0 unspecified atom stereocenters. The lowest BCUT2D eigenvalue weighted by molar-refractivity contribution is -0.114. The molecule has 0 atom stereocenters. The van der Waals surface area contributed by atoms with Gasteiger partial charge in [0, 0.05) is 24.8 Å². The summed E-state index contributed by atoms with van der Waals surface area (Å²) < 4.78 is 2.11. The number of carbonyl (C=O) groups excluding carboxylic acids is 2. The molecule has 28 heavy (non-hydrogen) atoms. The highest BCUT2D eigenvalue weighted by Gasteiger charge is 2.12. The zero-order valence-corrected chi connectivity index (χ0v) is 16.6. The molecule has 1 aromatic heterocycles. The third-order valence-corrected chi connectivity index (χ3v) is 5.02. The highest BCUT2D eigenvalue weighted by Crippen LogP contribution is 2.26. The highest BCUT2D eigenvalue weighted by molar-refractivity contribution is 7.99. The largest absolute Gasteiger partial charge is 0.326 e. The maximum absolute atomic E-state index is 12.3. The maximum Gasteiger partial charge on any atom is 0.234 e. The second-order valence-corrected chi connectivity index (χ2v) is 7.07. The molecular weight excluding hydrogens is 372 g/mol. The van der Waals surface area contributed by atoms with Crippen molar-refractivity contribution in [1.29, 1.82) is 0 Å². The Hall–Kier alpha value is -3.06. The molecule has 2 amide bonds. The summed E-state index contributed by atoms with van der Waals surface area (Å²) >= 11 is 1.41. The Morgan fingerprint density at radius 2 is 1.64 bits per heavy atom. The minimum Gasteiger partial charge on any atom is -0.326 e. The zero-order chi connectivity index (χ0) is 19.9. The average molecular weight is 395 g/mol. The summed E-state index contributed by atoms with van der Waals surface area (Å²) in [5, 5.41) is 6.37. The molecule has 0 bridgehead atoms. The number of anilines is 2. The van der Waals surface area contributed by atoms with Crippen molar-refractivity contribution in [3.05, 3.63) is 60.8 Å². The second kappa shape index (κ2) is 9.23. The van der Waals surface area contributed by atoms with Gasteiger partial charge in [-0.15, -0.1) is 0 Å². The van der Waals surface area contributed by atoms with E-state index in [0.29, 0.717) is 11.4 Å². The van der Waals surface area contributed by atoms with Crippen LogP contribution in [0.2, 0.25) is 0 Å². The Morgan fingerprint density at radius 3 is 2.25 bits per heavy atom. The molecule has 3 aromatic rings. The van der Waals surface area contributed by atoms with E-state index in [-0.39, 0.29) is 17.6 Å². The lowest BCUT2D eigenvalue weighted by Gasteiger charge is -2.10. The van der Waals surface area contributed by atoms with Crippen LogP contribution in [0, 0.1) is 0 Å². The smallest absolute Gasteiger partial charge is 0.234 e. The first-order valence-electron chi connectivity index (χ1n) is 8.98. The Labute approximate surface area is 168 Å².